The van der Waals surface area contributed by atoms with Crippen molar-refractivity contribution in [2.45, 2.75) is 82.4 Å². The topological polar surface area (TPSA) is 173 Å². The summed E-state index contributed by atoms with van der Waals surface area (Å²) in [6.45, 7) is 8.45. The van der Waals surface area contributed by atoms with E-state index in [1.807, 2.05) is 0 Å². The molecule has 0 unspecified atom stereocenters. The Hall–Kier alpha value is -3.50. The predicted octanol–water partition coefficient (Wildman–Crippen LogP) is 0.568. The van der Waals surface area contributed by atoms with Gasteiger partial charge in [-0.2, -0.15) is 8.78 Å². The molecule has 4 aliphatic heterocycles. The highest BCUT2D eigenvalue weighted by Crippen LogP contribution is 2.64. The number of amides is 3. The smallest absolute Gasteiger partial charge is 0.353 e. The van der Waals surface area contributed by atoms with Crippen LogP contribution in [0.4, 0.5) is 8.78 Å². The summed E-state index contributed by atoms with van der Waals surface area (Å²) in [5.74, 6) is -4.18. The van der Waals surface area contributed by atoms with Gasteiger partial charge in [0.15, 0.2) is 5.75 Å². The number of pyridine rings is 1. The zero-order valence-electron chi connectivity index (χ0n) is 26.3. The number of carboxylic acids is 1. The molecule has 3 saturated heterocycles. The van der Waals surface area contributed by atoms with E-state index >= 15 is 0 Å². The van der Waals surface area contributed by atoms with Crippen LogP contribution in [0.15, 0.2) is 27.7 Å². The fourth-order valence-electron chi connectivity index (χ4n) is 7.38. The second-order valence-corrected chi connectivity index (χ2v) is 14.3. The van der Waals surface area contributed by atoms with E-state index in [1.54, 1.807) is 37.3 Å². The summed E-state index contributed by atoms with van der Waals surface area (Å²) < 4.78 is 27.6. The molecule has 0 spiro atoms. The summed E-state index contributed by atoms with van der Waals surface area (Å²) in [4.78, 5) is 66.5. The monoisotopic (exact) mass is 666 g/mol. The number of halogens is 2. The summed E-state index contributed by atoms with van der Waals surface area (Å²) in [5, 5.41) is 28.5. The van der Waals surface area contributed by atoms with Crippen LogP contribution < -0.4 is 21.4 Å². The summed E-state index contributed by atoms with van der Waals surface area (Å²) in [6.07, 6.45) is -0.714. The molecule has 0 saturated carbocycles. The van der Waals surface area contributed by atoms with Crippen LogP contribution in [-0.2, 0) is 32.8 Å². The van der Waals surface area contributed by atoms with E-state index in [2.05, 4.69) is 16.0 Å². The number of likely N-dealkylation sites (tertiary alicyclic amines) is 1. The lowest BCUT2D eigenvalue weighted by atomic mass is 9.55. The average molecular weight is 667 g/mol. The minimum absolute atomic E-state index is 0.0204. The first-order valence-corrected chi connectivity index (χ1v) is 16.1. The Labute approximate surface area is 268 Å². The number of carbonyl (C=O) groups is 4. The molecule has 252 valence electrons. The number of aromatic nitrogens is 1. The molecule has 0 radical (unpaired) electrons. The van der Waals surface area contributed by atoms with Gasteiger partial charge >= 0.3 is 12.4 Å². The van der Waals surface area contributed by atoms with Gasteiger partial charge in [0.2, 0.25) is 17.2 Å². The van der Waals surface area contributed by atoms with Gasteiger partial charge in [0.25, 0.3) is 5.91 Å². The number of rotatable bonds is 10. The first-order valence-electron chi connectivity index (χ1n) is 15.2. The van der Waals surface area contributed by atoms with E-state index in [1.165, 1.54) is 35.8 Å². The molecule has 0 aliphatic carbocycles. The number of aliphatic carboxylic acids is 1. The van der Waals surface area contributed by atoms with Crippen molar-refractivity contribution in [3.8, 4) is 5.75 Å². The van der Waals surface area contributed by atoms with Crippen molar-refractivity contribution in [1.82, 2.24) is 30.3 Å². The molecule has 1 aromatic heterocycles. The van der Waals surface area contributed by atoms with E-state index in [0.29, 0.717) is 43.2 Å². The lowest BCUT2D eigenvalue weighted by molar-refractivity contribution is -0.191. The number of nitrogens with zero attached hydrogens (tertiary/aromatic N) is 3. The fraction of sp³-hybridized carbons (Fsp3) is 0.633. The van der Waals surface area contributed by atoms with E-state index < -0.39 is 58.6 Å². The molecule has 46 heavy (non-hydrogen) atoms. The molecule has 1 aromatic rings. The number of nitrogens with one attached hydrogen (secondary N) is 3. The van der Waals surface area contributed by atoms with Gasteiger partial charge in [-0.05, 0) is 33.6 Å². The third kappa shape index (κ3) is 5.37. The highest BCUT2D eigenvalue weighted by molar-refractivity contribution is 8.03. The minimum Gasteiger partial charge on any atom is -0.503 e. The number of alkyl halides is 2. The second kappa shape index (κ2) is 12.3. The van der Waals surface area contributed by atoms with Gasteiger partial charge in [-0.25, -0.2) is 4.79 Å². The lowest BCUT2D eigenvalue weighted by Gasteiger charge is -2.63. The third-order valence-electron chi connectivity index (χ3n) is 10.6. The SMILES string of the molecule is C[C@@H](NC(=O)C(F)F)[C@@]1(C)C(=O)N2C(C(=O)O)=C(S[C@@H]3CN[C@H](C(=O)N4CC[C@H](NCc5cc(=O)c(O)cn5C)C4)C3)[C@H](C)[C@]21C. The maximum absolute atomic E-state index is 13.5. The average Bonchev–Trinajstić information content (AvgIpc) is 3.72. The van der Waals surface area contributed by atoms with Crippen LogP contribution in [0.3, 0.4) is 0 Å². The first kappa shape index (κ1) is 33.9. The molecule has 0 aromatic carbocycles. The van der Waals surface area contributed by atoms with Crippen molar-refractivity contribution in [3.05, 3.63) is 38.8 Å². The van der Waals surface area contributed by atoms with Gasteiger partial charge in [0.1, 0.15) is 5.70 Å². The van der Waals surface area contributed by atoms with Crippen molar-refractivity contribution in [2.75, 3.05) is 19.6 Å². The highest BCUT2D eigenvalue weighted by Gasteiger charge is 2.75. The van der Waals surface area contributed by atoms with E-state index in [-0.39, 0.29) is 28.6 Å². The van der Waals surface area contributed by atoms with Crippen molar-refractivity contribution in [2.24, 2.45) is 18.4 Å². The number of aromatic hydroxyl groups is 1. The standard InChI is InChI=1S/C30H40F2N6O7S/c1-14-23(22(27(43)44)38-28(45)29(3,30(14,38)4)15(2)35-25(41)24(31)32)46-18-9-19(34-11-18)26(42)37-7-6-16(12-37)33-10-17-8-20(39)21(40)13-36(17)5/h8,13-16,18-19,24,33-34,40H,6-7,9-12H2,1-5H3,(H,35,41)(H,43,44)/t14-,15+,16-,18-,19-,29-,30-/m0/s1. The number of fused-ring (bicyclic) bond motifs is 1. The van der Waals surface area contributed by atoms with Gasteiger partial charge in [0, 0.05) is 79.3 Å². The van der Waals surface area contributed by atoms with Gasteiger partial charge in [0.05, 0.1) is 17.0 Å². The number of carbonyl (C=O) groups excluding carboxylic acids is 3. The predicted molar refractivity (Wildman–Crippen MR) is 164 cm³/mol. The van der Waals surface area contributed by atoms with Gasteiger partial charge in [-0.3, -0.25) is 24.1 Å². The normalized spacial score (nSPS) is 31.3. The minimum atomic E-state index is -3.25. The van der Waals surface area contributed by atoms with Crippen molar-refractivity contribution < 1.29 is 38.2 Å². The van der Waals surface area contributed by atoms with Crippen LogP contribution >= 0.6 is 11.8 Å². The van der Waals surface area contributed by atoms with Crippen LogP contribution in [0.2, 0.25) is 0 Å². The van der Waals surface area contributed by atoms with Gasteiger partial charge in [-0.1, -0.05) is 6.92 Å². The molecule has 0 bridgehead atoms. The Morgan fingerprint density at radius 1 is 1.24 bits per heavy atom. The van der Waals surface area contributed by atoms with Crippen molar-refractivity contribution >= 4 is 35.5 Å². The highest BCUT2D eigenvalue weighted by atomic mass is 32.2. The van der Waals surface area contributed by atoms with Crippen LogP contribution in [0.25, 0.3) is 0 Å². The number of aryl methyl sites for hydroxylation is 1. The number of β-lactam (4-membered cyclic amide) rings is 1. The molecule has 3 fully saturated rings. The maximum Gasteiger partial charge on any atom is 0.353 e. The molecule has 5 N–H and O–H groups in total. The van der Waals surface area contributed by atoms with Crippen LogP contribution in [0.5, 0.6) is 5.75 Å². The Kier molecular flexibility index (Phi) is 9.03. The van der Waals surface area contributed by atoms with E-state index in [9.17, 15) is 43.0 Å². The fourth-order valence-corrected chi connectivity index (χ4v) is 8.93. The summed E-state index contributed by atoms with van der Waals surface area (Å²) >= 11 is 1.32. The van der Waals surface area contributed by atoms with E-state index in [4.69, 9.17) is 0 Å². The van der Waals surface area contributed by atoms with Crippen molar-refractivity contribution in [1.29, 1.82) is 0 Å². The van der Waals surface area contributed by atoms with Crippen LogP contribution in [0, 0.1) is 11.3 Å². The second-order valence-electron chi connectivity index (χ2n) is 13.0. The molecule has 16 heteroatoms. The van der Waals surface area contributed by atoms with Crippen LogP contribution in [-0.4, -0.2) is 103 Å². The zero-order valence-corrected chi connectivity index (χ0v) is 27.1. The summed E-state index contributed by atoms with van der Waals surface area (Å²) in [5.41, 5.74) is -2.31. The molecular weight excluding hydrogens is 626 g/mol. The molecule has 7 atom stereocenters. The summed E-state index contributed by atoms with van der Waals surface area (Å²) in [7, 11) is 1.73. The quantitative estimate of drug-likeness (QED) is 0.222. The first-order chi connectivity index (χ1) is 21.5. The Morgan fingerprint density at radius 3 is 2.59 bits per heavy atom. The molecule has 13 nitrogen and oxygen atoms in total. The lowest BCUT2D eigenvalue weighted by Crippen LogP contribution is -2.80. The Morgan fingerprint density at radius 2 is 1.93 bits per heavy atom. The van der Waals surface area contributed by atoms with Gasteiger partial charge < -0.3 is 35.6 Å². The Bertz CT molecular complexity index is 1550. The molecule has 5 rings (SSSR count). The number of hydrogen-bond acceptors (Lipinski definition) is 9. The summed E-state index contributed by atoms with van der Waals surface area (Å²) in [6, 6.07) is -0.0514. The molecule has 3 amide bonds. The van der Waals surface area contributed by atoms with Crippen molar-refractivity contribution in [3.63, 3.8) is 0 Å². The number of hydrogen-bond donors (Lipinski definition) is 5. The molecule has 4 aliphatic rings. The van der Waals surface area contributed by atoms with E-state index in [0.717, 1.165) is 6.42 Å². The van der Waals surface area contributed by atoms with Gasteiger partial charge in [-0.15, -0.1) is 11.8 Å². The largest absolute Gasteiger partial charge is 0.503 e. The zero-order chi connectivity index (χ0) is 33.9. The molecular formula is C30H40F2N6O7S. The van der Waals surface area contributed by atoms with Crippen LogP contribution in [0.1, 0.15) is 46.2 Å². The Balaban J connectivity index is 1.21. The molecule has 5 heterocycles. The third-order valence-corrected chi connectivity index (χ3v) is 12.0. The number of carboxylic acid groups (broad SMARTS) is 1. The maximum atomic E-state index is 13.5. The number of thioether (sulfide) groups is 1.